The minimum Gasteiger partial charge on any atom is -0.482 e. The Balaban J connectivity index is 2.37. The van der Waals surface area contributed by atoms with Gasteiger partial charge in [-0.25, -0.2) is 4.79 Å². The summed E-state index contributed by atoms with van der Waals surface area (Å²) in [5.74, 6) is 0.439. The third-order valence-electron chi connectivity index (χ3n) is 1.75. The van der Waals surface area contributed by atoms with Crippen LogP contribution in [0.2, 0.25) is 0 Å². The van der Waals surface area contributed by atoms with Crippen LogP contribution in [0, 0.1) is 5.92 Å². The zero-order valence-electron chi connectivity index (χ0n) is 6.81. The molecule has 7 heteroatoms. The maximum Gasteiger partial charge on any atom is 0.348 e. The molecule has 2 aliphatic heterocycles. The van der Waals surface area contributed by atoms with Crippen LogP contribution in [-0.2, 0) is 4.74 Å². The Morgan fingerprint density at radius 3 is 3.00 bits per heavy atom. The van der Waals surface area contributed by atoms with Crippen LogP contribution in [0.1, 0.15) is 0 Å². The molecule has 1 atom stereocenters. The predicted octanol–water partition coefficient (Wildman–Crippen LogP) is -0.945. The summed E-state index contributed by atoms with van der Waals surface area (Å²) < 4.78 is 4.91. The highest BCUT2D eigenvalue weighted by molar-refractivity contribution is 6.28. The van der Waals surface area contributed by atoms with Crippen LogP contribution < -0.4 is 11.1 Å². The molecule has 0 saturated carbocycles. The summed E-state index contributed by atoms with van der Waals surface area (Å²) in [6, 6.07) is -0.528. The van der Waals surface area contributed by atoms with Crippen molar-refractivity contribution in [3.8, 4) is 0 Å². The van der Waals surface area contributed by atoms with Gasteiger partial charge in [0.15, 0.2) is 11.8 Å². The van der Waals surface area contributed by atoms with E-state index >= 15 is 0 Å². The predicted molar refractivity (Wildman–Crippen MR) is 45.5 cm³/mol. The molecule has 0 aromatic carbocycles. The highest BCUT2D eigenvalue weighted by atomic mass is 16.5. The zero-order valence-corrected chi connectivity index (χ0v) is 6.81. The second kappa shape index (κ2) is 2.54. The Hall–Kier alpha value is -1.92. The van der Waals surface area contributed by atoms with E-state index in [1.165, 1.54) is 7.11 Å². The number of aliphatic imine (C=N–C) groups is 1. The number of carbonyl (C=O) groups excluding carboxylic acids is 1. The number of nitrogens with two attached hydrogens (primary N) is 1. The van der Waals surface area contributed by atoms with E-state index in [0.717, 1.165) is 0 Å². The fourth-order valence-corrected chi connectivity index (χ4v) is 1.18. The van der Waals surface area contributed by atoms with Gasteiger partial charge < -0.3 is 10.5 Å². The molecular weight excluding hydrogens is 174 g/mol. The number of methoxy groups -OCH3 is 1. The lowest BCUT2D eigenvalue weighted by Gasteiger charge is -2.17. The van der Waals surface area contributed by atoms with Gasteiger partial charge in [-0.3, -0.25) is 5.32 Å². The zero-order chi connectivity index (χ0) is 9.42. The highest BCUT2D eigenvalue weighted by Crippen LogP contribution is 2.14. The lowest BCUT2D eigenvalue weighted by molar-refractivity contribution is 0.252. The summed E-state index contributed by atoms with van der Waals surface area (Å²) in [4.78, 5) is 14.4. The van der Waals surface area contributed by atoms with E-state index in [-0.39, 0.29) is 5.84 Å². The minimum atomic E-state index is -0.528. The number of fused-ring (bicyclic) bond motifs is 1. The third kappa shape index (κ3) is 1.05. The largest absolute Gasteiger partial charge is 0.482 e. The van der Waals surface area contributed by atoms with Gasteiger partial charge in [0.05, 0.1) is 7.11 Å². The quantitative estimate of drug-likeness (QED) is 0.504. The van der Waals surface area contributed by atoms with Crippen molar-refractivity contribution >= 4 is 23.6 Å². The Labute approximate surface area is 73.4 Å². The Bertz CT molecular complexity index is 356. The Kier molecular flexibility index (Phi) is 1.51. The summed E-state index contributed by atoms with van der Waals surface area (Å²) in [5, 5.41) is 9.81. The molecule has 68 valence electrons. The normalized spacial score (nSPS) is 25.5. The number of hydrogen-bond acceptors (Lipinski definition) is 5. The van der Waals surface area contributed by atoms with Gasteiger partial charge in [-0.15, -0.1) is 10.2 Å². The lowest BCUT2D eigenvalue weighted by Crippen LogP contribution is -2.48. The summed E-state index contributed by atoms with van der Waals surface area (Å²) in [5.41, 5.74) is 5.52. The first kappa shape index (κ1) is 7.71. The first-order valence-electron chi connectivity index (χ1n) is 3.57. The van der Waals surface area contributed by atoms with E-state index in [0.29, 0.717) is 11.7 Å². The van der Waals surface area contributed by atoms with Crippen LogP contribution in [-0.4, -0.2) is 30.7 Å². The van der Waals surface area contributed by atoms with Crippen molar-refractivity contribution in [3.05, 3.63) is 0 Å². The third-order valence-corrected chi connectivity index (χ3v) is 1.75. The van der Waals surface area contributed by atoms with Gasteiger partial charge in [-0.1, -0.05) is 0 Å². The SMILES string of the molecule is COC1=NN=C2NC(=O)N=C(N)C21. The van der Waals surface area contributed by atoms with Crippen LogP contribution >= 0.6 is 0 Å². The van der Waals surface area contributed by atoms with Crippen molar-refractivity contribution < 1.29 is 9.53 Å². The molecule has 2 amide bonds. The van der Waals surface area contributed by atoms with E-state index in [2.05, 4.69) is 20.5 Å². The van der Waals surface area contributed by atoms with Crippen LogP contribution in [0.5, 0.6) is 0 Å². The maximum absolute atomic E-state index is 10.9. The number of rotatable bonds is 0. The molecule has 0 fully saturated rings. The lowest BCUT2D eigenvalue weighted by atomic mass is 10.1. The van der Waals surface area contributed by atoms with Crippen LogP contribution in [0.15, 0.2) is 15.2 Å². The first-order valence-corrected chi connectivity index (χ1v) is 3.57. The average Bonchev–Trinajstić information content (AvgIpc) is 2.47. The van der Waals surface area contributed by atoms with Crippen LogP contribution in [0.3, 0.4) is 0 Å². The molecular formula is C6H7N5O2. The highest BCUT2D eigenvalue weighted by Gasteiger charge is 2.36. The molecule has 7 nitrogen and oxygen atoms in total. The monoisotopic (exact) mass is 181 g/mol. The topological polar surface area (TPSA) is 101 Å². The Morgan fingerprint density at radius 1 is 1.54 bits per heavy atom. The fraction of sp³-hybridized carbons (Fsp3) is 0.333. The second-order valence-corrected chi connectivity index (χ2v) is 2.53. The molecule has 0 radical (unpaired) electrons. The van der Waals surface area contributed by atoms with E-state index in [9.17, 15) is 4.79 Å². The van der Waals surface area contributed by atoms with Crippen LogP contribution in [0.25, 0.3) is 0 Å². The average molecular weight is 181 g/mol. The van der Waals surface area contributed by atoms with E-state index in [1.807, 2.05) is 0 Å². The molecule has 0 spiro atoms. The number of nitrogens with zero attached hydrogens (tertiary/aromatic N) is 3. The number of amidine groups is 2. The number of amides is 2. The molecule has 2 aliphatic rings. The molecule has 2 rings (SSSR count). The van der Waals surface area contributed by atoms with Gasteiger partial charge in [0.1, 0.15) is 5.84 Å². The van der Waals surface area contributed by atoms with Crippen molar-refractivity contribution in [2.24, 2.45) is 26.8 Å². The number of hydrogen-bond donors (Lipinski definition) is 2. The standard InChI is InChI=1S/C6H7N5O2/c1-13-5-2-3(7)8-6(12)9-4(2)10-11-5/h2H,1H3,(H3,7,8,9,10,12). The molecule has 0 bridgehead atoms. The molecule has 1 unspecified atom stereocenters. The van der Waals surface area contributed by atoms with Crippen molar-refractivity contribution in [1.82, 2.24) is 5.32 Å². The van der Waals surface area contributed by atoms with Gasteiger partial charge >= 0.3 is 6.03 Å². The molecule has 2 heterocycles. The van der Waals surface area contributed by atoms with Gasteiger partial charge in [-0.2, -0.15) is 4.99 Å². The van der Waals surface area contributed by atoms with Gasteiger partial charge in [0.2, 0.25) is 5.90 Å². The van der Waals surface area contributed by atoms with Crippen molar-refractivity contribution in [2.45, 2.75) is 0 Å². The molecule has 0 saturated heterocycles. The van der Waals surface area contributed by atoms with E-state index in [1.54, 1.807) is 0 Å². The number of nitrogens with one attached hydrogen (secondary N) is 1. The molecule has 13 heavy (non-hydrogen) atoms. The van der Waals surface area contributed by atoms with E-state index in [4.69, 9.17) is 10.5 Å². The summed E-state index contributed by atoms with van der Waals surface area (Å²) >= 11 is 0. The molecule has 0 aromatic rings. The summed E-state index contributed by atoms with van der Waals surface area (Å²) in [6.07, 6.45) is 0. The van der Waals surface area contributed by atoms with Crippen molar-refractivity contribution in [2.75, 3.05) is 7.11 Å². The van der Waals surface area contributed by atoms with Gasteiger partial charge in [0, 0.05) is 0 Å². The molecule has 0 aliphatic carbocycles. The van der Waals surface area contributed by atoms with Crippen molar-refractivity contribution in [1.29, 1.82) is 0 Å². The number of urea groups is 1. The fourth-order valence-electron chi connectivity index (χ4n) is 1.18. The van der Waals surface area contributed by atoms with Crippen molar-refractivity contribution in [3.63, 3.8) is 0 Å². The summed E-state index contributed by atoms with van der Waals surface area (Å²) in [6.45, 7) is 0. The van der Waals surface area contributed by atoms with Crippen LogP contribution in [0.4, 0.5) is 4.79 Å². The summed E-state index contributed by atoms with van der Waals surface area (Å²) in [7, 11) is 1.46. The van der Waals surface area contributed by atoms with Gasteiger partial charge in [-0.05, 0) is 0 Å². The van der Waals surface area contributed by atoms with E-state index < -0.39 is 11.9 Å². The molecule has 0 aromatic heterocycles. The number of ether oxygens (including phenoxy) is 1. The second-order valence-electron chi connectivity index (χ2n) is 2.53. The Morgan fingerprint density at radius 2 is 2.31 bits per heavy atom. The maximum atomic E-state index is 10.9. The van der Waals surface area contributed by atoms with Gasteiger partial charge in [0.25, 0.3) is 0 Å². The molecule has 3 N–H and O–H groups in total. The minimum absolute atomic E-state index is 0.153. The number of carbonyl (C=O) groups is 1. The first-order chi connectivity index (χ1) is 6.22. The smallest absolute Gasteiger partial charge is 0.348 e.